The Labute approximate surface area is 73.3 Å². The van der Waals surface area contributed by atoms with E-state index in [1.54, 1.807) is 0 Å². The van der Waals surface area contributed by atoms with Crippen molar-refractivity contribution in [3.8, 4) is 0 Å². The number of ether oxygens (including phenoxy) is 1. The summed E-state index contributed by atoms with van der Waals surface area (Å²) < 4.78 is 5.46. The predicted molar refractivity (Wildman–Crippen MR) is 46.8 cm³/mol. The minimum atomic E-state index is -0.182. The lowest BCUT2D eigenvalue weighted by Gasteiger charge is -2.12. The molecular weight excluding hydrogens is 154 g/mol. The van der Waals surface area contributed by atoms with E-state index in [-0.39, 0.29) is 23.9 Å². The summed E-state index contributed by atoms with van der Waals surface area (Å²) in [4.78, 5) is 11.4. The van der Waals surface area contributed by atoms with Crippen molar-refractivity contribution in [3.63, 3.8) is 0 Å². The Balaban J connectivity index is 2.41. The Kier molecular flexibility index (Phi) is 3.23. The van der Waals surface area contributed by atoms with Crippen LogP contribution in [0.15, 0.2) is 0 Å². The normalized spacial score (nSPS) is 29.7. The van der Waals surface area contributed by atoms with Crippen LogP contribution in [0.5, 0.6) is 0 Å². The van der Waals surface area contributed by atoms with Gasteiger partial charge in [-0.2, -0.15) is 0 Å². The number of carbonyl (C=O) groups is 1. The summed E-state index contributed by atoms with van der Waals surface area (Å²) in [5.41, 5.74) is 5.44. The second-order valence-corrected chi connectivity index (χ2v) is 3.62. The van der Waals surface area contributed by atoms with Gasteiger partial charge in [-0.1, -0.05) is 13.8 Å². The summed E-state index contributed by atoms with van der Waals surface area (Å²) >= 11 is 0. The molecule has 12 heavy (non-hydrogen) atoms. The molecule has 0 aromatic heterocycles. The van der Waals surface area contributed by atoms with Crippen LogP contribution in [-0.2, 0) is 9.53 Å². The highest BCUT2D eigenvalue weighted by Crippen LogP contribution is 2.21. The number of hydrogen-bond donors (Lipinski definition) is 1. The van der Waals surface area contributed by atoms with E-state index in [0.29, 0.717) is 6.54 Å². The van der Waals surface area contributed by atoms with Crippen molar-refractivity contribution in [1.29, 1.82) is 0 Å². The van der Waals surface area contributed by atoms with Crippen LogP contribution in [0.1, 0.15) is 26.7 Å². The summed E-state index contributed by atoms with van der Waals surface area (Å²) in [6.07, 6.45) is 1.70. The first-order chi connectivity index (χ1) is 5.65. The number of hydrogen-bond acceptors (Lipinski definition) is 3. The van der Waals surface area contributed by atoms with Crippen molar-refractivity contribution >= 4 is 5.78 Å². The van der Waals surface area contributed by atoms with Crippen LogP contribution in [0.25, 0.3) is 0 Å². The molecule has 1 aliphatic heterocycles. The fourth-order valence-corrected chi connectivity index (χ4v) is 1.46. The molecule has 1 fully saturated rings. The van der Waals surface area contributed by atoms with E-state index in [4.69, 9.17) is 10.5 Å². The zero-order valence-electron chi connectivity index (χ0n) is 7.75. The maximum Gasteiger partial charge on any atom is 0.164 e. The van der Waals surface area contributed by atoms with Crippen LogP contribution in [-0.4, -0.2) is 24.5 Å². The van der Waals surface area contributed by atoms with Crippen LogP contribution in [0.3, 0.4) is 0 Å². The first-order valence-electron chi connectivity index (χ1n) is 4.54. The van der Waals surface area contributed by atoms with Gasteiger partial charge in [0.1, 0.15) is 6.10 Å². The molecule has 3 heteroatoms. The fraction of sp³-hybridized carbons (Fsp3) is 0.889. The van der Waals surface area contributed by atoms with Crippen molar-refractivity contribution in [1.82, 2.24) is 0 Å². The Morgan fingerprint density at radius 2 is 2.25 bits per heavy atom. The molecule has 0 saturated carbocycles. The van der Waals surface area contributed by atoms with E-state index >= 15 is 0 Å². The zero-order chi connectivity index (χ0) is 9.14. The van der Waals surface area contributed by atoms with Gasteiger partial charge in [0.05, 0.1) is 6.10 Å². The molecule has 70 valence electrons. The maximum atomic E-state index is 11.4. The lowest BCUT2D eigenvalue weighted by Crippen LogP contribution is -2.27. The van der Waals surface area contributed by atoms with Crippen LogP contribution >= 0.6 is 0 Å². The van der Waals surface area contributed by atoms with E-state index in [0.717, 1.165) is 12.8 Å². The van der Waals surface area contributed by atoms with Gasteiger partial charge in [-0.3, -0.25) is 4.79 Å². The number of nitrogens with two attached hydrogens (primary N) is 1. The molecule has 1 saturated heterocycles. The first-order valence-corrected chi connectivity index (χ1v) is 4.54. The predicted octanol–water partition coefficient (Wildman–Crippen LogP) is 0.718. The minimum absolute atomic E-state index is 0.0755. The monoisotopic (exact) mass is 171 g/mol. The molecule has 1 rings (SSSR count). The highest BCUT2D eigenvalue weighted by molar-refractivity contribution is 5.85. The molecule has 2 atom stereocenters. The quantitative estimate of drug-likeness (QED) is 0.680. The zero-order valence-corrected chi connectivity index (χ0v) is 7.75. The van der Waals surface area contributed by atoms with Crippen LogP contribution < -0.4 is 5.73 Å². The third-order valence-corrected chi connectivity index (χ3v) is 2.26. The standard InChI is InChI=1S/C9H17NO2/c1-6(2)9(11)8-4-3-7(5-10)12-8/h6-8H,3-5,10H2,1-2H3. The van der Waals surface area contributed by atoms with Gasteiger partial charge in [0.25, 0.3) is 0 Å². The SMILES string of the molecule is CC(C)C(=O)C1CCC(CN)O1. The summed E-state index contributed by atoms with van der Waals surface area (Å²) in [6.45, 7) is 4.34. The topological polar surface area (TPSA) is 52.3 Å². The molecule has 2 N–H and O–H groups in total. The van der Waals surface area contributed by atoms with Gasteiger partial charge in [0.15, 0.2) is 5.78 Å². The van der Waals surface area contributed by atoms with Crippen LogP contribution in [0.4, 0.5) is 0 Å². The Bertz CT molecular complexity index is 168. The van der Waals surface area contributed by atoms with E-state index in [1.807, 2.05) is 13.8 Å². The molecule has 0 spiro atoms. The average molecular weight is 171 g/mol. The second kappa shape index (κ2) is 4.01. The summed E-state index contributed by atoms with van der Waals surface area (Å²) in [6, 6.07) is 0. The largest absolute Gasteiger partial charge is 0.366 e. The molecule has 0 aromatic rings. The lowest BCUT2D eigenvalue weighted by atomic mass is 10.0. The van der Waals surface area contributed by atoms with Crippen molar-refractivity contribution in [3.05, 3.63) is 0 Å². The Morgan fingerprint density at radius 3 is 2.67 bits per heavy atom. The summed E-state index contributed by atoms with van der Waals surface area (Å²) in [5, 5.41) is 0. The molecule has 1 aliphatic rings. The molecule has 0 radical (unpaired) electrons. The molecule has 3 nitrogen and oxygen atoms in total. The molecule has 0 bridgehead atoms. The van der Waals surface area contributed by atoms with E-state index in [1.165, 1.54) is 0 Å². The van der Waals surface area contributed by atoms with Gasteiger partial charge >= 0.3 is 0 Å². The average Bonchev–Trinajstić information content (AvgIpc) is 2.50. The molecule has 2 unspecified atom stereocenters. The number of rotatable bonds is 3. The maximum absolute atomic E-state index is 11.4. The molecule has 1 heterocycles. The number of Topliss-reactive ketones (excluding diaryl/α,β-unsaturated/α-hetero) is 1. The van der Waals surface area contributed by atoms with Crippen molar-refractivity contribution in [2.75, 3.05) is 6.54 Å². The molecule has 0 aromatic carbocycles. The van der Waals surface area contributed by atoms with Gasteiger partial charge < -0.3 is 10.5 Å². The lowest BCUT2D eigenvalue weighted by molar-refractivity contribution is -0.132. The van der Waals surface area contributed by atoms with Crippen molar-refractivity contribution in [2.24, 2.45) is 11.7 Å². The third kappa shape index (κ3) is 2.05. The number of ketones is 1. The molecule has 0 amide bonds. The Hall–Kier alpha value is -0.410. The third-order valence-electron chi connectivity index (χ3n) is 2.26. The number of carbonyl (C=O) groups excluding carboxylic acids is 1. The fourth-order valence-electron chi connectivity index (χ4n) is 1.46. The van der Waals surface area contributed by atoms with Gasteiger partial charge in [-0.05, 0) is 12.8 Å². The van der Waals surface area contributed by atoms with Gasteiger partial charge in [0.2, 0.25) is 0 Å². The van der Waals surface area contributed by atoms with E-state index in [9.17, 15) is 4.79 Å². The molecule has 0 aliphatic carbocycles. The van der Waals surface area contributed by atoms with Crippen molar-refractivity contribution in [2.45, 2.75) is 38.9 Å². The van der Waals surface area contributed by atoms with Gasteiger partial charge in [0, 0.05) is 12.5 Å². The molecular formula is C9H17NO2. The first kappa shape index (κ1) is 9.68. The summed E-state index contributed by atoms with van der Waals surface area (Å²) in [7, 11) is 0. The minimum Gasteiger partial charge on any atom is -0.366 e. The van der Waals surface area contributed by atoms with Crippen LogP contribution in [0, 0.1) is 5.92 Å². The smallest absolute Gasteiger partial charge is 0.164 e. The van der Waals surface area contributed by atoms with E-state index in [2.05, 4.69) is 0 Å². The van der Waals surface area contributed by atoms with E-state index < -0.39 is 0 Å². The van der Waals surface area contributed by atoms with Gasteiger partial charge in [-0.25, -0.2) is 0 Å². The highest BCUT2D eigenvalue weighted by Gasteiger charge is 2.30. The van der Waals surface area contributed by atoms with Crippen molar-refractivity contribution < 1.29 is 9.53 Å². The summed E-state index contributed by atoms with van der Waals surface area (Å²) in [5.74, 6) is 0.289. The van der Waals surface area contributed by atoms with Crippen LogP contribution in [0.2, 0.25) is 0 Å². The second-order valence-electron chi connectivity index (χ2n) is 3.62. The Morgan fingerprint density at radius 1 is 1.58 bits per heavy atom. The highest BCUT2D eigenvalue weighted by atomic mass is 16.5. The van der Waals surface area contributed by atoms with Gasteiger partial charge in [-0.15, -0.1) is 0 Å².